The molecule has 8 heteroatoms. The molecule has 0 atom stereocenters. The van der Waals surface area contributed by atoms with Crippen molar-refractivity contribution in [3.8, 4) is 6.07 Å². The van der Waals surface area contributed by atoms with E-state index in [1.165, 1.54) is 36.4 Å². The Morgan fingerprint density at radius 3 is 2.64 bits per heavy atom. The van der Waals surface area contributed by atoms with Crippen LogP contribution in [0.2, 0.25) is 5.02 Å². The smallest absolute Gasteiger partial charge is 0.284 e. The standard InChI is InChI=1S/C14H7BrClN3O3/c15-11-4-2-8(5-13(11)19(21)22)14(20)18-10-3-1-9(7-17)12(16)6-10/h1-6H,(H,18,20). The normalized spacial score (nSPS) is 9.86. The van der Waals surface area contributed by atoms with Gasteiger partial charge in [0.1, 0.15) is 6.07 Å². The van der Waals surface area contributed by atoms with Crippen LogP contribution in [0.1, 0.15) is 15.9 Å². The zero-order chi connectivity index (χ0) is 16.3. The molecule has 0 fully saturated rings. The molecule has 0 radical (unpaired) electrons. The maximum atomic E-state index is 12.1. The lowest BCUT2D eigenvalue weighted by Crippen LogP contribution is -2.12. The number of benzene rings is 2. The summed E-state index contributed by atoms with van der Waals surface area (Å²) < 4.78 is 0.287. The predicted molar refractivity (Wildman–Crippen MR) is 84.9 cm³/mol. The molecule has 0 aliphatic carbocycles. The molecule has 1 amide bonds. The number of amides is 1. The summed E-state index contributed by atoms with van der Waals surface area (Å²) in [6.07, 6.45) is 0. The number of anilines is 1. The van der Waals surface area contributed by atoms with Gasteiger partial charge in [-0.3, -0.25) is 14.9 Å². The SMILES string of the molecule is N#Cc1ccc(NC(=O)c2ccc(Br)c([N+](=O)[O-])c2)cc1Cl. The summed E-state index contributed by atoms with van der Waals surface area (Å²) in [5, 5.41) is 22.4. The third-order valence-electron chi connectivity index (χ3n) is 2.75. The Kier molecular flexibility index (Phi) is 4.75. The largest absolute Gasteiger partial charge is 0.322 e. The fourth-order valence-electron chi connectivity index (χ4n) is 1.68. The summed E-state index contributed by atoms with van der Waals surface area (Å²) in [5.74, 6) is -0.517. The molecule has 0 spiro atoms. The Balaban J connectivity index is 2.26. The van der Waals surface area contributed by atoms with E-state index < -0.39 is 10.8 Å². The van der Waals surface area contributed by atoms with Gasteiger partial charge in [0.25, 0.3) is 11.6 Å². The molecule has 0 bridgehead atoms. The minimum absolute atomic E-state index is 0.135. The summed E-state index contributed by atoms with van der Waals surface area (Å²) in [6, 6.07) is 10.4. The Bertz CT molecular complexity index is 817. The number of hydrogen-bond donors (Lipinski definition) is 1. The van der Waals surface area contributed by atoms with Crippen molar-refractivity contribution in [2.24, 2.45) is 0 Å². The number of rotatable bonds is 3. The van der Waals surface area contributed by atoms with Gasteiger partial charge < -0.3 is 5.32 Å². The number of nitrogens with one attached hydrogen (secondary N) is 1. The molecule has 2 aromatic carbocycles. The van der Waals surface area contributed by atoms with Crippen LogP contribution in [-0.2, 0) is 0 Å². The number of nitrogens with zero attached hydrogens (tertiary/aromatic N) is 2. The zero-order valence-electron chi connectivity index (χ0n) is 10.8. The van der Waals surface area contributed by atoms with Crippen LogP contribution >= 0.6 is 27.5 Å². The molecule has 0 aliphatic heterocycles. The van der Waals surface area contributed by atoms with Crippen molar-refractivity contribution in [1.82, 2.24) is 0 Å². The lowest BCUT2D eigenvalue weighted by atomic mass is 10.1. The summed E-state index contributed by atoms with van der Waals surface area (Å²) in [7, 11) is 0. The minimum Gasteiger partial charge on any atom is -0.322 e. The number of halogens is 2. The second-order valence-electron chi connectivity index (χ2n) is 4.18. The van der Waals surface area contributed by atoms with Crippen LogP contribution in [0.3, 0.4) is 0 Å². The fraction of sp³-hybridized carbons (Fsp3) is 0. The lowest BCUT2D eigenvalue weighted by Gasteiger charge is -2.06. The summed E-state index contributed by atoms with van der Waals surface area (Å²) >= 11 is 8.93. The Morgan fingerprint density at radius 2 is 2.05 bits per heavy atom. The van der Waals surface area contributed by atoms with E-state index in [2.05, 4.69) is 21.2 Å². The van der Waals surface area contributed by atoms with Crippen LogP contribution < -0.4 is 5.32 Å². The van der Waals surface area contributed by atoms with Gasteiger partial charge in [-0.25, -0.2) is 0 Å². The summed E-state index contributed by atoms with van der Waals surface area (Å²) in [4.78, 5) is 22.4. The lowest BCUT2D eigenvalue weighted by molar-refractivity contribution is -0.385. The quantitative estimate of drug-likeness (QED) is 0.639. The third-order valence-corrected chi connectivity index (χ3v) is 3.74. The highest BCUT2D eigenvalue weighted by molar-refractivity contribution is 9.10. The van der Waals surface area contributed by atoms with Gasteiger partial charge in [-0.1, -0.05) is 11.6 Å². The number of nitro groups is 1. The number of hydrogen-bond acceptors (Lipinski definition) is 4. The first-order chi connectivity index (χ1) is 10.4. The number of carbonyl (C=O) groups excluding carboxylic acids is 1. The molecule has 0 unspecified atom stereocenters. The molecule has 110 valence electrons. The molecule has 0 aromatic heterocycles. The van der Waals surface area contributed by atoms with Crippen molar-refractivity contribution in [2.45, 2.75) is 0 Å². The van der Waals surface area contributed by atoms with Crippen molar-refractivity contribution < 1.29 is 9.72 Å². The van der Waals surface area contributed by atoms with Crippen LogP contribution in [0.25, 0.3) is 0 Å². The van der Waals surface area contributed by atoms with Crippen LogP contribution in [0.4, 0.5) is 11.4 Å². The molecule has 0 saturated carbocycles. The van der Waals surface area contributed by atoms with Gasteiger partial charge >= 0.3 is 0 Å². The first kappa shape index (κ1) is 15.9. The Hall–Kier alpha value is -2.43. The van der Waals surface area contributed by atoms with Crippen molar-refractivity contribution in [1.29, 1.82) is 5.26 Å². The Labute approximate surface area is 138 Å². The van der Waals surface area contributed by atoms with Gasteiger partial charge in [-0.2, -0.15) is 5.26 Å². The Morgan fingerprint density at radius 1 is 1.32 bits per heavy atom. The molecule has 1 N–H and O–H groups in total. The second kappa shape index (κ2) is 6.56. The molecule has 0 saturated heterocycles. The van der Waals surface area contributed by atoms with E-state index >= 15 is 0 Å². The van der Waals surface area contributed by atoms with E-state index in [1.54, 1.807) is 0 Å². The van der Waals surface area contributed by atoms with E-state index in [1.807, 2.05) is 6.07 Å². The number of carbonyl (C=O) groups is 1. The van der Waals surface area contributed by atoms with Gasteiger partial charge in [0.15, 0.2) is 0 Å². The van der Waals surface area contributed by atoms with Crippen molar-refractivity contribution in [3.63, 3.8) is 0 Å². The average molecular weight is 381 g/mol. The molecule has 2 aromatic rings. The summed E-state index contributed by atoms with van der Waals surface area (Å²) in [6.45, 7) is 0. The predicted octanol–water partition coefficient (Wildman–Crippen LogP) is 4.13. The van der Waals surface area contributed by atoms with E-state index in [4.69, 9.17) is 16.9 Å². The van der Waals surface area contributed by atoms with Crippen LogP contribution in [0, 0.1) is 21.4 Å². The van der Waals surface area contributed by atoms with Crippen LogP contribution in [0.15, 0.2) is 40.9 Å². The molecule has 0 heterocycles. The zero-order valence-corrected chi connectivity index (χ0v) is 13.2. The maximum absolute atomic E-state index is 12.1. The van der Waals surface area contributed by atoms with Gasteiger partial charge in [-0.05, 0) is 46.3 Å². The molecule has 0 aliphatic rings. The van der Waals surface area contributed by atoms with Crippen LogP contribution in [-0.4, -0.2) is 10.8 Å². The van der Waals surface area contributed by atoms with Gasteiger partial charge in [0, 0.05) is 17.3 Å². The van der Waals surface area contributed by atoms with E-state index in [0.29, 0.717) is 11.3 Å². The first-order valence-corrected chi connectivity index (χ1v) is 7.04. The van der Waals surface area contributed by atoms with Gasteiger partial charge in [0.05, 0.1) is 20.0 Å². The molecular weight excluding hydrogens is 374 g/mol. The van der Waals surface area contributed by atoms with E-state index in [9.17, 15) is 14.9 Å². The number of nitriles is 1. The van der Waals surface area contributed by atoms with E-state index in [-0.39, 0.29) is 20.7 Å². The molecular formula is C14H7BrClN3O3. The average Bonchev–Trinajstić information content (AvgIpc) is 2.47. The van der Waals surface area contributed by atoms with E-state index in [0.717, 1.165) is 0 Å². The van der Waals surface area contributed by atoms with Crippen LogP contribution in [0.5, 0.6) is 0 Å². The molecule has 2 rings (SSSR count). The maximum Gasteiger partial charge on any atom is 0.284 e. The highest BCUT2D eigenvalue weighted by Crippen LogP contribution is 2.26. The summed E-state index contributed by atoms with van der Waals surface area (Å²) in [5.41, 5.74) is 0.611. The highest BCUT2D eigenvalue weighted by Gasteiger charge is 2.16. The van der Waals surface area contributed by atoms with Crippen molar-refractivity contribution in [3.05, 3.63) is 67.1 Å². The van der Waals surface area contributed by atoms with Crippen molar-refractivity contribution in [2.75, 3.05) is 5.32 Å². The first-order valence-electron chi connectivity index (χ1n) is 5.87. The molecule has 6 nitrogen and oxygen atoms in total. The third kappa shape index (κ3) is 3.42. The van der Waals surface area contributed by atoms with Crippen molar-refractivity contribution >= 4 is 44.8 Å². The van der Waals surface area contributed by atoms with Gasteiger partial charge in [-0.15, -0.1) is 0 Å². The highest BCUT2D eigenvalue weighted by atomic mass is 79.9. The topological polar surface area (TPSA) is 96.0 Å². The van der Waals surface area contributed by atoms with Gasteiger partial charge in [0.2, 0.25) is 0 Å². The molecule has 22 heavy (non-hydrogen) atoms. The minimum atomic E-state index is -0.584. The fourth-order valence-corrected chi connectivity index (χ4v) is 2.29. The number of nitro benzene ring substituents is 1. The second-order valence-corrected chi connectivity index (χ2v) is 5.45. The monoisotopic (exact) mass is 379 g/mol.